The van der Waals surface area contributed by atoms with Crippen LogP contribution in [-0.4, -0.2) is 18.3 Å². The van der Waals surface area contributed by atoms with E-state index in [2.05, 4.69) is 31.3 Å². The second-order valence-corrected chi connectivity index (χ2v) is 4.45. The van der Waals surface area contributed by atoms with Crippen LogP contribution in [0.4, 0.5) is 0 Å². The highest BCUT2D eigenvalue weighted by molar-refractivity contribution is 5.18. The van der Waals surface area contributed by atoms with Crippen LogP contribution in [0.25, 0.3) is 0 Å². The summed E-state index contributed by atoms with van der Waals surface area (Å²) in [4.78, 5) is 0. The van der Waals surface area contributed by atoms with E-state index in [4.69, 9.17) is 0 Å². The van der Waals surface area contributed by atoms with Gasteiger partial charge in [0.2, 0.25) is 0 Å². The van der Waals surface area contributed by atoms with Gasteiger partial charge in [-0.05, 0) is 24.4 Å². The molecule has 1 aromatic carbocycles. The monoisotopic (exact) mass is 221 g/mol. The van der Waals surface area contributed by atoms with Gasteiger partial charge in [-0.3, -0.25) is 0 Å². The molecule has 1 aromatic rings. The first-order valence-electron chi connectivity index (χ1n) is 6.17. The van der Waals surface area contributed by atoms with Crippen LogP contribution >= 0.6 is 0 Å². The molecule has 2 heteroatoms. The molecule has 2 atom stereocenters. The molecule has 0 radical (unpaired) electrons. The first kappa shape index (κ1) is 13.2. The fourth-order valence-electron chi connectivity index (χ4n) is 1.91. The lowest BCUT2D eigenvalue weighted by atomic mass is 10.0. The minimum absolute atomic E-state index is 0.0699. The first-order valence-corrected chi connectivity index (χ1v) is 6.17. The molecule has 16 heavy (non-hydrogen) atoms. The van der Waals surface area contributed by atoms with Gasteiger partial charge < -0.3 is 10.4 Å². The Morgan fingerprint density at radius 2 is 1.94 bits per heavy atom. The number of aliphatic hydroxyl groups is 1. The average Bonchev–Trinajstić information content (AvgIpc) is 2.31. The molecule has 0 aliphatic carbocycles. The molecule has 0 heterocycles. The Kier molecular flexibility index (Phi) is 6.12. The third-order valence-corrected chi connectivity index (χ3v) is 2.88. The number of aliphatic hydroxyl groups excluding tert-OH is 1. The normalized spacial score (nSPS) is 14.7. The van der Waals surface area contributed by atoms with Crippen molar-refractivity contribution in [3.8, 4) is 0 Å². The maximum Gasteiger partial charge on any atom is 0.0626 e. The summed E-state index contributed by atoms with van der Waals surface area (Å²) in [6.07, 6.45) is 2.46. The maximum absolute atomic E-state index is 9.36. The Hall–Kier alpha value is -0.860. The van der Waals surface area contributed by atoms with E-state index in [1.807, 2.05) is 18.2 Å². The smallest absolute Gasteiger partial charge is 0.0626 e. The van der Waals surface area contributed by atoms with Gasteiger partial charge >= 0.3 is 0 Å². The van der Waals surface area contributed by atoms with Crippen molar-refractivity contribution in [2.24, 2.45) is 5.92 Å². The molecule has 1 rings (SSSR count). The van der Waals surface area contributed by atoms with Crippen LogP contribution in [-0.2, 0) is 0 Å². The van der Waals surface area contributed by atoms with Crippen molar-refractivity contribution in [1.29, 1.82) is 0 Å². The Balaban J connectivity index is 2.44. The third kappa shape index (κ3) is 4.33. The van der Waals surface area contributed by atoms with Gasteiger partial charge in [-0.2, -0.15) is 0 Å². The van der Waals surface area contributed by atoms with Crippen molar-refractivity contribution in [3.05, 3.63) is 35.9 Å². The summed E-state index contributed by atoms with van der Waals surface area (Å²) >= 11 is 0. The van der Waals surface area contributed by atoms with Crippen LogP contribution in [0.3, 0.4) is 0 Å². The van der Waals surface area contributed by atoms with E-state index < -0.39 is 0 Å². The molecule has 0 aliphatic rings. The molecule has 0 aromatic heterocycles. The highest BCUT2D eigenvalue weighted by Gasteiger charge is 2.10. The summed E-state index contributed by atoms with van der Waals surface area (Å²) in [5, 5.41) is 12.8. The zero-order chi connectivity index (χ0) is 11.8. The lowest BCUT2D eigenvalue weighted by molar-refractivity contribution is 0.239. The number of hydrogen-bond acceptors (Lipinski definition) is 2. The summed E-state index contributed by atoms with van der Waals surface area (Å²) in [6.45, 7) is 5.57. The molecular weight excluding hydrogens is 198 g/mol. The quantitative estimate of drug-likeness (QED) is 0.742. The predicted octanol–water partition coefficient (Wildman–Crippen LogP) is 2.75. The van der Waals surface area contributed by atoms with Gasteiger partial charge in [0.15, 0.2) is 0 Å². The lowest BCUT2D eigenvalue weighted by Gasteiger charge is -2.19. The highest BCUT2D eigenvalue weighted by Crippen LogP contribution is 2.13. The molecule has 90 valence electrons. The van der Waals surface area contributed by atoms with Gasteiger partial charge in [-0.1, -0.05) is 50.6 Å². The molecule has 1 unspecified atom stereocenters. The van der Waals surface area contributed by atoms with Crippen LogP contribution in [0.5, 0.6) is 0 Å². The largest absolute Gasteiger partial charge is 0.394 e. The Bertz CT molecular complexity index is 273. The van der Waals surface area contributed by atoms with Crippen LogP contribution in [0, 0.1) is 5.92 Å². The molecule has 0 aliphatic heterocycles. The predicted molar refractivity (Wildman–Crippen MR) is 68.3 cm³/mol. The summed E-state index contributed by atoms with van der Waals surface area (Å²) in [7, 11) is 0. The van der Waals surface area contributed by atoms with Gasteiger partial charge in [0, 0.05) is 0 Å². The topological polar surface area (TPSA) is 32.3 Å². The molecule has 2 N–H and O–H groups in total. The summed E-state index contributed by atoms with van der Waals surface area (Å²) < 4.78 is 0. The first-order chi connectivity index (χ1) is 7.77. The second kappa shape index (κ2) is 7.42. The summed E-state index contributed by atoms with van der Waals surface area (Å²) in [6, 6.07) is 10.2. The average molecular weight is 221 g/mol. The van der Waals surface area contributed by atoms with Gasteiger partial charge in [-0.25, -0.2) is 0 Å². The van der Waals surface area contributed by atoms with Crippen LogP contribution in [0.15, 0.2) is 30.3 Å². The standard InChI is InChI=1S/C14H23NO/c1-3-7-12(2)10-15-14(11-16)13-8-5-4-6-9-13/h4-6,8-9,12,14-16H,3,7,10-11H2,1-2H3/t12?,14-/m1/s1. The fourth-order valence-corrected chi connectivity index (χ4v) is 1.91. The Morgan fingerprint density at radius 1 is 1.25 bits per heavy atom. The zero-order valence-corrected chi connectivity index (χ0v) is 10.3. The van der Waals surface area contributed by atoms with Crippen molar-refractivity contribution in [2.45, 2.75) is 32.7 Å². The number of nitrogens with one attached hydrogen (secondary N) is 1. The number of rotatable bonds is 7. The van der Waals surface area contributed by atoms with E-state index in [1.54, 1.807) is 0 Å². The Labute approximate surface area is 98.7 Å². The minimum atomic E-state index is 0.0699. The zero-order valence-electron chi connectivity index (χ0n) is 10.3. The van der Waals surface area contributed by atoms with E-state index >= 15 is 0 Å². The van der Waals surface area contributed by atoms with Crippen LogP contribution < -0.4 is 5.32 Å². The SMILES string of the molecule is CCCC(C)CN[C@H](CO)c1ccccc1. The van der Waals surface area contributed by atoms with Crippen molar-refractivity contribution in [2.75, 3.05) is 13.2 Å². The van der Waals surface area contributed by atoms with E-state index in [1.165, 1.54) is 12.8 Å². The Morgan fingerprint density at radius 3 is 2.50 bits per heavy atom. The maximum atomic E-state index is 9.36. The van der Waals surface area contributed by atoms with E-state index in [-0.39, 0.29) is 12.6 Å². The molecule has 0 spiro atoms. The molecule has 2 nitrogen and oxygen atoms in total. The molecule has 0 bridgehead atoms. The number of benzene rings is 1. The van der Waals surface area contributed by atoms with Gasteiger partial charge in [0.1, 0.15) is 0 Å². The molecule has 0 saturated heterocycles. The highest BCUT2D eigenvalue weighted by atomic mass is 16.3. The van der Waals surface area contributed by atoms with Crippen molar-refractivity contribution in [1.82, 2.24) is 5.32 Å². The summed E-state index contributed by atoms with van der Waals surface area (Å²) in [5.74, 6) is 0.669. The fraction of sp³-hybridized carbons (Fsp3) is 0.571. The van der Waals surface area contributed by atoms with Crippen LogP contribution in [0.2, 0.25) is 0 Å². The third-order valence-electron chi connectivity index (χ3n) is 2.88. The molecular formula is C14H23NO. The van der Waals surface area contributed by atoms with Gasteiger partial charge in [-0.15, -0.1) is 0 Å². The van der Waals surface area contributed by atoms with Crippen molar-refractivity contribution >= 4 is 0 Å². The van der Waals surface area contributed by atoms with Crippen LogP contribution in [0.1, 0.15) is 38.3 Å². The van der Waals surface area contributed by atoms with E-state index in [0.29, 0.717) is 5.92 Å². The minimum Gasteiger partial charge on any atom is -0.394 e. The van der Waals surface area contributed by atoms with Crippen molar-refractivity contribution in [3.63, 3.8) is 0 Å². The molecule has 0 fully saturated rings. The van der Waals surface area contributed by atoms with Crippen molar-refractivity contribution < 1.29 is 5.11 Å². The van der Waals surface area contributed by atoms with E-state index in [9.17, 15) is 5.11 Å². The van der Waals surface area contributed by atoms with Gasteiger partial charge in [0.25, 0.3) is 0 Å². The lowest BCUT2D eigenvalue weighted by Crippen LogP contribution is -2.28. The van der Waals surface area contributed by atoms with E-state index in [0.717, 1.165) is 12.1 Å². The molecule has 0 amide bonds. The second-order valence-electron chi connectivity index (χ2n) is 4.45. The number of hydrogen-bond donors (Lipinski definition) is 2. The summed E-state index contributed by atoms with van der Waals surface area (Å²) in [5.41, 5.74) is 1.16. The molecule has 0 saturated carbocycles. The van der Waals surface area contributed by atoms with Gasteiger partial charge in [0.05, 0.1) is 12.6 Å².